The van der Waals surface area contributed by atoms with E-state index in [2.05, 4.69) is 30.2 Å². The molecule has 4 heteroatoms. The van der Waals surface area contributed by atoms with Gasteiger partial charge >= 0.3 is 0 Å². The SMILES string of the molecule is CCC1CCC(O)C(CN(C)Cc2cnn(C)c2)C1. The minimum Gasteiger partial charge on any atom is -0.393 e. The van der Waals surface area contributed by atoms with Crippen LogP contribution in [-0.4, -0.2) is 39.5 Å². The number of aliphatic hydroxyl groups is 1. The van der Waals surface area contributed by atoms with Gasteiger partial charge in [0, 0.05) is 31.9 Å². The Hall–Kier alpha value is -0.870. The van der Waals surface area contributed by atoms with Gasteiger partial charge in [0.05, 0.1) is 12.3 Å². The van der Waals surface area contributed by atoms with Gasteiger partial charge in [0.15, 0.2) is 0 Å². The molecule has 1 heterocycles. The zero-order chi connectivity index (χ0) is 13.8. The third-order valence-electron chi connectivity index (χ3n) is 4.39. The van der Waals surface area contributed by atoms with E-state index in [1.807, 2.05) is 17.9 Å². The van der Waals surface area contributed by atoms with Crippen molar-refractivity contribution < 1.29 is 5.11 Å². The van der Waals surface area contributed by atoms with Crippen LogP contribution in [0.3, 0.4) is 0 Å². The third-order valence-corrected chi connectivity index (χ3v) is 4.39. The maximum Gasteiger partial charge on any atom is 0.0580 e. The molecular weight excluding hydrogens is 238 g/mol. The van der Waals surface area contributed by atoms with Crippen molar-refractivity contribution in [2.45, 2.75) is 45.3 Å². The lowest BCUT2D eigenvalue weighted by atomic mass is 9.78. The van der Waals surface area contributed by atoms with Crippen LogP contribution in [-0.2, 0) is 13.6 Å². The lowest BCUT2D eigenvalue weighted by Gasteiger charge is -2.35. The van der Waals surface area contributed by atoms with Gasteiger partial charge in [-0.15, -0.1) is 0 Å². The summed E-state index contributed by atoms with van der Waals surface area (Å²) >= 11 is 0. The second kappa shape index (κ2) is 6.53. The van der Waals surface area contributed by atoms with Crippen LogP contribution >= 0.6 is 0 Å². The fourth-order valence-corrected chi connectivity index (χ4v) is 3.24. The first-order valence-electron chi connectivity index (χ1n) is 7.42. The van der Waals surface area contributed by atoms with Crippen LogP contribution in [0.2, 0.25) is 0 Å². The smallest absolute Gasteiger partial charge is 0.0580 e. The summed E-state index contributed by atoms with van der Waals surface area (Å²) in [7, 11) is 4.08. The number of aromatic nitrogens is 2. The summed E-state index contributed by atoms with van der Waals surface area (Å²) in [6.45, 7) is 4.15. The van der Waals surface area contributed by atoms with Crippen LogP contribution in [0.5, 0.6) is 0 Å². The fraction of sp³-hybridized carbons (Fsp3) is 0.800. The lowest BCUT2D eigenvalue weighted by Crippen LogP contribution is -2.37. The van der Waals surface area contributed by atoms with E-state index in [-0.39, 0.29) is 6.10 Å². The molecule has 1 aliphatic rings. The van der Waals surface area contributed by atoms with Gasteiger partial charge in [-0.1, -0.05) is 13.3 Å². The van der Waals surface area contributed by atoms with Crippen LogP contribution in [0.1, 0.15) is 38.2 Å². The molecule has 1 aromatic rings. The minimum absolute atomic E-state index is 0.112. The molecule has 3 atom stereocenters. The molecule has 0 radical (unpaired) electrons. The van der Waals surface area contributed by atoms with Crippen molar-refractivity contribution in [1.29, 1.82) is 0 Å². The van der Waals surface area contributed by atoms with E-state index in [0.29, 0.717) is 5.92 Å². The van der Waals surface area contributed by atoms with Gasteiger partial charge < -0.3 is 10.0 Å². The highest BCUT2D eigenvalue weighted by molar-refractivity contribution is 5.03. The van der Waals surface area contributed by atoms with Crippen LogP contribution in [0, 0.1) is 11.8 Å². The summed E-state index contributed by atoms with van der Waals surface area (Å²) in [5.41, 5.74) is 1.24. The van der Waals surface area contributed by atoms with Gasteiger partial charge in [-0.2, -0.15) is 5.10 Å². The molecule has 108 valence electrons. The first-order valence-corrected chi connectivity index (χ1v) is 7.42. The molecule has 1 N–H and O–H groups in total. The van der Waals surface area contributed by atoms with E-state index < -0.39 is 0 Å². The molecule has 1 fully saturated rings. The quantitative estimate of drug-likeness (QED) is 0.886. The summed E-state index contributed by atoms with van der Waals surface area (Å²) in [5, 5.41) is 14.4. The standard InChI is InChI=1S/C15H27N3O/c1-4-12-5-6-15(19)14(7-12)11-17(2)9-13-8-16-18(3)10-13/h8,10,12,14-15,19H,4-7,9,11H2,1-3H3. The first kappa shape index (κ1) is 14.5. The molecule has 0 saturated heterocycles. The molecule has 1 aliphatic carbocycles. The molecule has 2 rings (SSSR count). The van der Waals surface area contributed by atoms with Crippen molar-refractivity contribution in [1.82, 2.24) is 14.7 Å². The molecule has 3 unspecified atom stereocenters. The predicted octanol–water partition coefficient (Wildman–Crippen LogP) is 2.04. The average Bonchev–Trinajstić information content (AvgIpc) is 2.77. The molecule has 19 heavy (non-hydrogen) atoms. The molecular formula is C15H27N3O. The zero-order valence-corrected chi connectivity index (χ0v) is 12.4. The lowest BCUT2D eigenvalue weighted by molar-refractivity contribution is 0.0298. The van der Waals surface area contributed by atoms with E-state index in [0.717, 1.165) is 25.4 Å². The summed E-state index contributed by atoms with van der Waals surface area (Å²) < 4.78 is 1.84. The highest BCUT2D eigenvalue weighted by atomic mass is 16.3. The van der Waals surface area contributed by atoms with Gasteiger partial charge in [-0.25, -0.2) is 0 Å². The van der Waals surface area contributed by atoms with E-state index in [1.54, 1.807) is 0 Å². The van der Waals surface area contributed by atoms with Crippen LogP contribution in [0.4, 0.5) is 0 Å². The Labute approximate surface area is 116 Å². The van der Waals surface area contributed by atoms with Gasteiger partial charge in [-0.05, 0) is 38.1 Å². The number of rotatable bonds is 5. The summed E-state index contributed by atoms with van der Waals surface area (Å²) in [6, 6.07) is 0. The van der Waals surface area contributed by atoms with Crippen molar-refractivity contribution in [3.05, 3.63) is 18.0 Å². The number of hydrogen-bond donors (Lipinski definition) is 1. The minimum atomic E-state index is -0.112. The van der Waals surface area contributed by atoms with Crippen molar-refractivity contribution in [3.8, 4) is 0 Å². The van der Waals surface area contributed by atoms with Gasteiger partial charge in [-0.3, -0.25) is 4.68 Å². The van der Waals surface area contributed by atoms with E-state index in [9.17, 15) is 5.11 Å². The number of hydrogen-bond acceptors (Lipinski definition) is 3. The van der Waals surface area contributed by atoms with Crippen LogP contribution in [0.25, 0.3) is 0 Å². The second-order valence-electron chi connectivity index (χ2n) is 6.13. The van der Waals surface area contributed by atoms with Crippen molar-refractivity contribution in [2.24, 2.45) is 18.9 Å². The Morgan fingerprint density at radius 3 is 2.89 bits per heavy atom. The van der Waals surface area contributed by atoms with Crippen molar-refractivity contribution >= 4 is 0 Å². The Kier molecular flexibility index (Phi) is 4.99. The Morgan fingerprint density at radius 1 is 1.47 bits per heavy atom. The highest BCUT2D eigenvalue weighted by Gasteiger charge is 2.29. The highest BCUT2D eigenvalue weighted by Crippen LogP contribution is 2.31. The van der Waals surface area contributed by atoms with Crippen LogP contribution in [0.15, 0.2) is 12.4 Å². The molecule has 0 bridgehead atoms. The molecule has 0 amide bonds. The van der Waals surface area contributed by atoms with Gasteiger partial charge in [0.2, 0.25) is 0 Å². The van der Waals surface area contributed by atoms with Crippen molar-refractivity contribution in [2.75, 3.05) is 13.6 Å². The Morgan fingerprint density at radius 2 is 2.26 bits per heavy atom. The summed E-state index contributed by atoms with van der Waals surface area (Å²) in [6.07, 6.45) is 8.46. The topological polar surface area (TPSA) is 41.3 Å². The van der Waals surface area contributed by atoms with E-state index in [4.69, 9.17) is 0 Å². The van der Waals surface area contributed by atoms with Gasteiger partial charge in [0.25, 0.3) is 0 Å². The fourth-order valence-electron chi connectivity index (χ4n) is 3.24. The largest absolute Gasteiger partial charge is 0.393 e. The maximum atomic E-state index is 10.2. The Bertz CT molecular complexity index is 390. The summed E-state index contributed by atoms with van der Waals surface area (Å²) in [5.74, 6) is 1.24. The molecule has 1 saturated carbocycles. The van der Waals surface area contributed by atoms with Crippen LogP contribution < -0.4 is 0 Å². The van der Waals surface area contributed by atoms with Gasteiger partial charge in [0.1, 0.15) is 0 Å². The second-order valence-corrected chi connectivity index (χ2v) is 6.13. The molecule has 1 aromatic heterocycles. The maximum absolute atomic E-state index is 10.2. The molecule has 0 spiro atoms. The third kappa shape index (κ3) is 4.05. The average molecular weight is 265 g/mol. The van der Waals surface area contributed by atoms with E-state index >= 15 is 0 Å². The molecule has 4 nitrogen and oxygen atoms in total. The monoisotopic (exact) mass is 265 g/mol. The zero-order valence-electron chi connectivity index (χ0n) is 12.4. The van der Waals surface area contributed by atoms with Crippen molar-refractivity contribution in [3.63, 3.8) is 0 Å². The Balaban J connectivity index is 1.84. The predicted molar refractivity (Wildman–Crippen MR) is 76.7 cm³/mol. The summed E-state index contributed by atoms with van der Waals surface area (Å²) in [4.78, 5) is 2.31. The van der Waals surface area contributed by atoms with E-state index in [1.165, 1.54) is 24.8 Å². The molecule has 0 aliphatic heterocycles. The molecule has 0 aromatic carbocycles. The number of aliphatic hydroxyl groups excluding tert-OH is 1. The number of nitrogens with zero attached hydrogens (tertiary/aromatic N) is 3. The normalized spacial score (nSPS) is 27.9. The number of aryl methyl sites for hydroxylation is 1. The first-order chi connectivity index (χ1) is 9.08.